The summed E-state index contributed by atoms with van der Waals surface area (Å²) in [4.78, 5) is 4.45. The molecule has 0 bridgehead atoms. The summed E-state index contributed by atoms with van der Waals surface area (Å²) in [5.41, 5.74) is 5.70. The van der Waals surface area contributed by atoms with E-state index < -0.39 is 0 Å². The monoisotopic (exact) mass is 181 g/mol. The van der Waals surface area contributed by atoms with Gasteiger partial charge in [-0.25, -0.2) is 9.66 Å². The van der Waals surface area contributed by atoms with Crippen LogP contribution >= 0.6 is 0 Å². The van der Waals surface area contributed by atoms with Gasteiger partial charge in [0.15, 0.2) is 0 Å². The smallest absolute Gasteiger partial charge is 0.127 e. The highest BCUT2D eigenvalue weighted by atomic mass is 15.4. The maximum atomic E-state index is 4.45. The van der Waals surface area contributed by atoms with E-state index in [2.05, 4.69) is 28.9 Å². The molecule has 1 N–H and O–H groups in total. The van der Waals surface area contributed by atoms with Crippen LogP contribution in [0.15, 0.2) is 0 Å². The molecule has 1 aromatic rings. The molecule has 74 valence electrons. The van der Waals surface area contributed by atoms with Gasteiger partial charge in [0.05, 0.1) is 11.4 Å². The Labute approximate surface area is 80.1 Å². The third-order valence-electron chi connectivity index (χ3n) is 2.26. The molecule has 0 atom stereocenters. The van der Waals surface area contributed by atoms with Gasteiger partial charge in [0.2, 0.25) is 0 Å². The zero-order valence-corrected chi connectivity index (χ0v) is 9.02. The second-order valence-electron chi connectivity index (χ2n) is 3.05. The maximum absolute atomic E-state index is 4.45. The number of nitrogens with one attached hydrogen (secondary N) is 1. The van der Waals surface area contributed by atoms with Gasteiger partial charge < -0.3 is 5.43 Å². The van der Waals surface area contributed by atoms with Crippen molar-refractivity contribution in [1.29, 1.82) is 0 Å². The highest BCUT2D eigenvalue weighted by Crippen LogP contribution is 2.12. The fourth-order valence-corrected chi connectivity index (χ4v) is 1.49. The van der Waals surface area contributed by atoms with E-state index in [1.807, 2.05) is 13.8 Å². The van der Waals surface area contributed by atoms with Gasteiger partial charge >= 0.3 is 0 Å². The SMILES string of the molecule is CC.Cc1nc2n(c1C)NCCC2. The summed E-state index contributed by atoms with van der Waals surface area (Å²) in [5, 5.41) is 0. The largest absolute Gasteiger partial charge is 0.324 e. The Kier molecular flexibility index (Phi) is 3.34. The normalized spacial score (nSPS) is 13.8. The number of hydrogen-bond donors (Lipinski definition) is 1. The Morgan fingerprint density at radius 3 is 2.62 bits per heavy atom. The number of aryl methyl sites for hydroxylation is 2. The van der Waals surface area contributed by atoms with E-state index in [0.717, 1.165) is 18.7 Å². The van der Waals surface area contributed by atoms with Crippen LogP contribution in [-0.2, 0) is 6.42 Å². The summed E-state index contributed by atoms with van der Waals surface area (Å²) >= 11 is 0. The van der Waals surface area contributed by atoms with Crippen LogP contribution in [0.3, 0.4) is 0 Å². The zero-order valence-electron chi connectivity index (χ0n) is 9.02. The molecule has 0 saturated heterocycles. The molecule has 1 aromatic heterocycles. The average molecular weight is 181 g/mol. The van der Waals surface area contributed by atoms with Crippen molar-refractivity contribution in [3.8, 4) is 0 Å². The van der Waals surface area contributed by atoms with Crippen LogP contribution in [0.2, 0.25) is 0 Å². The molecule has 0 aromatic carbocycles. The maximum Gasteiger partial charge on any atom is 0.127 e. The second kappa shape index (κ2) is 4.30. The quantitative estimate of drug-likeness (QED) is 0.663. The number of rotatable bonds is 0. The standard InChI is InChI=1S/C8H13N3.C2H6/c1-6-7(2)11-8(10-6)4-3-5-9-11;1-2/h9H,3-5H2,1-2H3;1-2H3. The lowest BCUT2D eigenvalue weighted by atomic mass is 10.3. The lowest BCUT2D eigenvalue weighted by Crippen LogP contribution is -2.25. The molecule has 0 saturated carbocycles. The fraction of sp³-hybridized carbons (Fsp3) is 0.700. The predicted molar refractivity (Wildman–Crippen MR) is 55.6 cm³/mol. The summed E-state index contributed by atoms with van der Waals surface area (Å²) < 4.78 is 2.11. The van der Waals surface area contributed by atoms with Gasteiger partial charge in [-0.2, -0.15) is 0 Å². The Hall–Kier alpha value is -0.990. The van der Waals surface area contributed by atoms with Crippen LogP contribution in [0, 0.1) is 13.8 Å². The molecule has 3 nitrogen and oxygen atoms in total. The van der Waals surface area contributed by atoms with Gasteiger partial charge in [-0.3, -0.25) is 0 Å². The minimum atomic E-state index is 1.07. The molecular formula is C10H19N3. The molecule has 0 amide bonds. The molecule has 1 aliphatic rings. The molecule has 13 heavy (non-hydrogen) atoms. The van der Waals surface area contributed by atoms with Crippen LogP contribution in [0.4, 0.5) is 0 Å². The topological polar surface area (TPSA) is 29.9 Å². The van der Waals surface area contributed by atoms with Crippen LogP contribution < -0.4 is 5.43 Å². The number of hydrogen-bond acceptors (Lipinski definition) is 2. The van der Waals surface area contributed by atoms with Gasteiger partial charge in [-0.15, -0.1) is 0 Å². The second-order valence-corrected chi connectivity index (χ2v) is 3.05. The molecule has 2 rings (SSSR count). The van der Waals surface area contributed by atoms with Crippen molar-refractivity contribution in [1.82, 2.24) is 9.66 Å². The van der Waals surface area contributed by atoms with Crippen molar-refractivity contribution in [3.63, 3.8) is 0 Å². The molecule has 0 unspecified atom stereocenters. The van der Waals surface area contributed by atoms with Crippen molar-refractivity contribution in [2.24, 2.45) is 0 Å². The first kappa shape index (κ1) is 10.1. The van der Waals surface area contributed by atoms with Crippen molar-refractivity contribution >= 4 is 0 Å². The first-order valence-electron chi connectivity index (χ1n) is 5.08. The Morgan fingerprint density at radius 1 is 1.31 bits per heavy atom. The van der Waals surface area contributed by atoms with Crippen molar-refractivity contribution in [2.75, 3.05) is 12.0 Å². The number of aromatic nitrogens is 2. The van der Waals surface area contributed by atoms with Gasteiger partial charge in [0, 0.05) is 13.0 Å². The molecule has 0 fully saturated rings. The van der Waals surface area contributed by atoms with Gasteiger partial charge in [-0.05, 0) is 20.3 Å². The molecule has 0 spiro atoms. The zero-order chi connectivity index (χ0) is 9.84. The average Bonchev–Trinajstić information content (AvgIpc) is 2.47. The molecular weight excluding hydrogens is 162 g/mol. The van der Waals surface area contributed by atoms with Crippen LogP contribution in [-0.4, -0.2) is 16.2 Å². The Balaban J connectivity index is 0.000000396. The molecule has 0 aliphatic carbocycles. The fourth-order valence-electron chi connectivity index (χ4n) is 1.49. The van der Waals surface area contributed by atoms with E-state index in [9.17, 15) is 0 Å². The lowest BCUT2D eigenvalue weighted by molar-refractivity contribution is 0.638. The van der Waals surface area contributed by atoms with E-state index in [1.54, 1.807) is 0 Å². The summed E-state index contributed by atoms with van der Waals surface area (Å²) in [5.74, 6) is 1.19. The van der Waals surface area contributed by atoms with E-state index in [4.69, 9.17) is 0 Å². The Bertz CT molecular complexity index is 276. The molecule has 0 radical (unpaired) electrons. The van der Waals surface area contributed by atoms with Gasteiger partial charge in [0.25, 0.3) is 0 Å². The first-order chi connectivity index (χ1) is 6.29. The molecule has 2 heterocycles. The minimum Gasteiger partial charge on any atom is -0.324 e. The van der Waals surface area contributed by atoms with Gasteiger partial charge in [-0.1, -0.05) is 13.8 Å². The molecule has 3 heteroatoms. The predicted octanol–water partition coefficient (Wildman–Crippen LogP) is 2.02. The number of nitrogens with zero attached hydrogens (tertiary/aromatic N) is 2. The number of fused-ring (bicyclic) bond motifs is 1. The van der Waals surface area contributed by atoms with E-state index >= 15 is 0 Å². The third kappa shape index (κ3) is 1.85. The minimum absolute atomic E-state index is 1.07. The highest BCUT2D eigenvalue weighted by molar-refractivity contribution is 5.17. The first-order valence-corrected chi connectivity index (χ1v) is 5.08. The van der Waals surface area contributed by atoms with Crippen molar-refractivity contribution in [3.05, 3.63) is 17.2 Å². The third-order valence-corrected chi connectivity index (χ3v) is 2.26. The Morgan fingerprint density at radius 2 is 2.00 bits per heavy atom. The van der Waals surface area contributed by atoms with Crippen LogP contribution in [0.25, 0.3) is 0 Å². The number of imidazole rings is 1. The van der Waals surface area contributed by atoms with Gasteiger partial charge in [0.1, 0.15) is 5.82 Å². The van der Waals surface area contributed by atoms with Crippen molar-refractivity contribution < 1.29 is 0 Å². The van der Waals surface area contributed by atoms with Crippen molar-refractivity contribution in [2.45, 2.75) is 40.5 Å². The van der Waals surface area contributed by atoms with E-state index in [-0.39, 0.29) is 0 Å². The van der Waals surface area contributed by atoms with E-state index in [1.165, 1.54) is 17.9 Å². The highest BCUT2D eigenvalue weighted by Gasteiger charge is 2.13. The summed E-state index contributed by atoms with van der Waals surface area (Å²) in [6.07, 6.45) is 2.32. The summed E-state index contributed by atoms with van der Waals surface area (Å²) in [6.45, 7) is 9.23. The van der Waals surface area contributed by atoms with Crippen LogP contribution in [0.5, 0.6) is 0 Å². The van der Waals surface area contributed by atoms with E-state index in [0.29, 0.717) is 0 Å². The lowest BCUT2D eigenvalue weighted by Gasteiger charge is -2.17. The summed E-state index contributed by atoms with van der Waals surface area (Å²) in [7, 11) is 0. The van der Waals surface area contributed by atoms with Crippen LogP contribution in [0.1, 0.15) is 37.5 Å². The summed E-state index contributed by atoms with van der Waals surface area (Å²) in [6, 6.07) is 0. The molecule has 1 aliphatic heterocycles.